The van der Waals surface area contributed by atoms with Crippen molar-refractivity contribution in [2.24, 2.45) is 0 Å². The average molecular weight is 304 g/mol. The van der Waals surface area contributed by atoms with Crippen molar-refractivity contribution < 1.29 is 9.53 Å². The van der Waals surface area contributed by atoms with Crippen molar-refractivity contribution >= 4 is 23.4 Å². The molecule has 0 aliphatic carbocycles. The monoisotopic (exact) mass is 304 g/mol. The minimum absolute atomic E-state index is 0.205. The Morgan fingerprint density at radius 2 is 1.95 bits per heavy atom. The van der Waals surface area contributed by atoms with Gasteiger partial charge in [0.2, 0.25) is 0 Å². The molecule has 1 aromatic rings. The van der Waals surface area contributed by atoms with Gasteiger partial charge in [-0.25, -0.2) is 0 Å². The van der Waals surface area contributed by atoms with Crippen LogP contribution in [0, 0.1) is 0 Å². The smallest absolute Gasteiger partial charge is 0.254 e. The number of rotatable bonds is 2. The van der Waals surface area contributed by atoms with E-state index < -0.39 is 0 Å². The van der Waals surface area contributed by atoms with E-state index in [1.54, 1.807) is 0 Å². The quantitative estimate of drug-likeness (QED) is 0.835. The number of anilines is 1. The van der Waals surface area contributed by atoms with Crippen molar-refractivity contribution in [1.29, 1.82) is 0 Å². The van der Waals surface area contributed by atoms with Gasteiger partial charge in [-0.1, -0.05) is 0 Å². The first-order valence-electron chi connectivity index (χ1n) is 7.66. The van der Waals surface area contributed by atoms with Crippen LogP contribution in [0.15, 0.2) is 24.3 Å². The maximum absolute atomic E-state index is 12.6. The van der Waals surface area contributed by atoms with Crippen molar-refractivity contribution in [2.75, 3.05) is 43.5 Å². The molecule has 1 aromatic carbocycles. The maximum Gasteiger partial charge on any atom is 0.254 e. The predicted octanol–water partition coefficient (Wildman–Crippen LogP) is 1.85. The molecule has 2 unspecified atom stereocenters. The first-order valence-corrected chi connectivity index (χ1v) is 8.71. The van der Waals surface area contributed by atoms with Crippen molar-refractivity contribution in [3.63, 3.8) is 0 Å². The number of carbonyl (C=O) groups is 1. The number of carbonyl (C=O) groups excluding carboxylic acids is 1. The van der Waals surface area contributed by atoms with Crippen molar-refractivity contribution in [2.45, 2.75) is 17.7 Å². The molecule has 1 amide bonds. The van der Waals surface area contributed by atoms with Crippen LogP contribution in [0.25, 0.3) is 0 Å². The summed E-state index contributed by atoms with van der Waals surface area (Å²) in [5.74, 6) is 1.32. The molecule has 112 valence electrons. The number of likely N-dealkylation sites (tertiary alicyclic amines) is 1. The van der Waals surface area contributed by atoms with Gasteiger partial charge in [0, 0.05) is 47.9 Å². The van der Waals surface area contributed by atoms with E-state index in [9.17, 15) is 4.79 Å². The molecule has 0 N–H and O–H groups in total. The molecule has 3 aliphatic rings. The summed E-state index contributed by atoms with van der Waals surface area (Å²) in [6.07, 6.45) is 1.18. The van der Waals surface area contributed by atoms with Crippen LogP contribution in [0.4, 0.5) is 5.69 Å². The number of thioether (sulfide) groups is 1. The number of nitrogens with zero attached hydrogens (tertiary/aromatic N) is 2. The Morgan fingerprint density at radius 1 is 1.19 bits per heavy atom. The Kier molecular flexibility index (Phi) is 3.55. The second-order valence-electron chi connectivity index (χ2n) is 5.95. The van der Waals surface area contributed by atoms with Crippen LogP contribution in [-0.2, 0) is 4.74 Å². The molecule has 2 atom stereocenters. The van der Waals surface area contributed by atoms with E-state index in [0.29, 0.717) is 11.3 Å². The van der Waals surface area contributed by atoms with Gasteiger partial charge < -0.3 is 14.5 Å². The lowest BCUT2D eigenvalue weighted by Crippen LogP contribution is -2.39. The highest BCUT2D eigenvalue weighted by Gasteiger charge is 2.41. The van der Waals surface area contributed by atoms with Gasteiger partial charge in [-0.05, 0) is 30.7 Å². The lowest BCUT2D eigenvalue weighted by Gasteiger charge is -2.29. The molecule has 3 fully saturated rings. The highest BCUT2D eigenvalue weighted by atomic mass is 32.2. The van der Waals surface area contributed by atoms with Crippen LogP contribution in [0.2, 0.25) is 0 Å². The van der Waals surface area contributed by atoms with Crippen LogP contribution in [0.1, 0.15) is 16.8 Å². The maximum atomic E-state index is 12.6. The normalized spacial score (nSPS) is 28.2. The topological polar surface area (TPSA) is 32.8 Å². The molecule has 21 heavy (non-hydrogen) atoms. The van der Waals surface area contributed by atoms with Gasteiger partial charge in [0.05, 0.1) is 13.2 Å². The third kappa shape index (κ3) is 2.53. The standard InChI is InChI=1S/C16H20N2O2S/c19-16(18-10-15-9-14(18)11-21-15)12-1-3-13(4-2-12)17-5-7-20-8-6-17/h1-4,14-15H,5-11H2. The fraction of sp³-hybridized carbons (Fsp3) is 0.562. The molecule has 4 nitrogen and oxygen atoms in total. The third-order valence-electron chi connectivity index (χ3n) is 4.65. The van der Waals surface area contributed by atoms with Gasteiger partial charge in [0.1, 0.15) is 0 Å². The van der Waals surface area contributed by atoms with E-state index in [1.165, 1.54) is 12.1 Å². The number of ether oxygens (including phenoxy) is 1. The van der Waals surface area contributed by atoms with Crippen LogP contribution in [0.5, 0.6) is 0 Å². The van der Waals surface area contributed by atoms with Crippen LogP contribution in [-0.4, -0.2) is 60.7 Å². The molecule has 4 rings (SSSR count). The highest BCUT2D eigenvalue weighted by molar-refractivity contribution is 8.00. The van der Waals surface area contributed by atoms with E-state index in [-0.39, 0.29) is 5.91 Å². The average Bonchev–Trinajstić information content (AvgIpc) is 3.18. The molecule has 3 heterocycles. The summed E-state index contributed by atoms with van der Waals surface area (Å²) in [7, 11) is 0. The van der Waals surface area contributed by atoms with Crippen LogP contribution >= 0.6 is 11.8 Å². The number of fused-ring (bicyclic) bond motifs is 2. The van der Waals surface area contributed by atoms with Gasteiger partial charge >= 0.3 is 0 Å². The lowest BCUT2D eigenvalue weighted by atomic mass is 10.1. The van der Waals surface area contributed by atoms with E-state index in [0.717, 1.165) is 44.2 Å². The fourth-order valence-corrected chi connectivity index (χ4v) is 4.89. The number of hydrogen-bond donors (Lipinski definition) is 0. The van der Waals surface area contributed by atoms with Gasteiger partial charge in [-0.2, -0.15) is 11.8 Å². The lowest BCUT2D eigenvalue weighted by molar-refractivity contribution is 0.0747. The first-order chi connectivity index (χ1) is 10.3. The predicted molar refractivity (Wildman–Crippen MR) is 85.2 cm³/mol. The molecular formula is C16H20N2O2S. The molecule has 5 heteroatoms. The zero-order chi connectivity index (χ0) is 14.2. The summed E-state index contributed by atoms with van der Waals surface area (Å²) >= 11 is 2.02. The van der Waals surface area contributed by atoms with Gasteiger partial charge in [-0.15, -0.1) is 0 Å². The molecule has 2 bridgehead atoms. The van der Waals surface area contributed by atoms with Gasteiger partial charge in [0.15, 0.2) is 0 Å². The van der Waals surface area contributed by atoms with E-state index >= 15 is 0 Å². The Hall–Kier alpha value is -1.20. The summed E-state index contributed by atoms with van der Waals surface area (Å²) in [5.41, 5.74) is 2.01. The van der Waals surface area contributed by atoms with Gasteiger partial charge in [-0.3, -0.25) is 4.79 Å². The SMILES string of the molecule is O=C(c1ccc(N2CCOCC2)cc1)N1CC2CC1CS2. The van der Waals surface area contributed by atoms with Crippen molar-refractivity contribution in [3.05, 3.63) is 29.8 Å². The minimum Gasteiger partial charge on any atom is -0.378 e. The summed E-state index contributed by atoms with van der Waals surface area (Å²) in [5, 5.41) is 0.673. The van der Waals surface area contributed by atoms with Crippen molar-refractivity contribution in [3.8, 4) is 0 Å². The second kappa shape index (κ2) is 5.54. The van der Waals surface area contributed by atoms with E-state index in [2.05, 4.69) is 21.9 Å². The highest BCUT2D eigenvalue weighted by Crippen LogP contribution is 2.38. The largest absolute Gasteiger partial charge is 0.378 e. The second-order valence-corrected chi connectivity index (χ2v) is 7.28. The van der Waals surface area contributed by atoms with Crippen molar-refractivity contribution in [1.82, 2.24) is 4.90 Å². The van der Waals surface area contributed by atoms with Crippen LogP contribution in [0.3, 0.4) is 0 Å². The molecule has 3 saturated heterocycles. The molecule has 0 aromatic heterocycles. The Morgan fingerprint density at radius 3 is 2.57 bits per heavy atom. The Bertz CT molecular complexity index is 528. The van der Waals surface area contributed by atoms with E-state index in [4.69, 9.17) is 4.74 Å². The molecular weight excluding hydrogens is 284 g/mol. The molecule has 0 radical (unpaired) electrons. The molecule has 0 spiro atoms. The van der Waals surface area contributed by atoms with Gasteiger partial charge in [0.25, 0.3) is 5.91 Å². The first kappa shape index (κ1) is 13.5. The number of hydrogen-bond acceptors (Lipinski definition) is 4. The molecule has 0 saturated carbocycles. The molecule has 3 aliphatic heterocycles. The summed E-state index contributed by atoms with van der Waals surface area (Å²) in [6, 6.07) is 8.56. The third-order valence-corrected chi connectivity index (χ3v) is 6.04. The van der Waals surface area contributed by atoms with E-state index in [1.807, 2.05) is 23.9 Å². The Labute approximate surface area is 129 Å². The number of benzene rings is 1. The summed E-state index contributed by atoms with van der Waals surface area (Å²) in [4.78, 5) is 17.0. The zero-order valence-corrected chi connectivity index (χ0v) is 12.8. The minimum atomic E-state index is 0.205. The number of amides is 1. The summed E-state index contributed by atoms with van der Waals surface area (Å²) in [6.45, 7) is 4.37. The summed E-state index contributed by atoms with van der Waals surface area (Å²) < 4.78 is 5.37. The fourth-order valence-electron chi connectivity index (χ4n) is 3.45. The van der Waals surface area contributed by atoms with Crippen LogP contribution < -0.4 is 4.90 Å². The number of morpholine rings is 1. The zero-order valence-electron chi connectivity index (χ0n) is 12.0. The Balaban J connectivity index is 1.47.